The molecule has 1 heterocycles. The molecule has 0 radical (unpaired) electrons. The van der Waals surface area contributed by atoms with E-state index in [0.717, 1.165) is 27.3 Å². The number of anilines is 2. The zero-order chi connectivity index (χ0) is 21.2. The molecule has 1 aromatic heterocycles. The minimum atomic E-state index is -3.65. The first-order chi connectivity index (χ1) is 13.6. The molecule has 7 nitrogen and oxygen atoms in total. The van der Waals surface area contributed by atoms with Gasteiger partial charge in [-0.3, -0.25) is 14.4 Å². The lowest BCUT2D eigenvalue weighted by Crippen LogP contribution is -2.37. The van der Waals surface area contributed by atoms with E-state index in [9.17, 15) is 13.2 Å². The molecule has 0 aliphatic carbocycles. The number of rotatable bonds is 6. The van der Waals surface area contributed by atoms with Crippen molar-refractivity contribution in [3.05, 3.63) is 58.6 Å². The lowest BCUT2D eigenvalue weighted by atomic mass is 10.1. The minimum Gasteiger partial charge on any atom is -0.299 e. The van der Waals surface area contributed by atoms with Gasteiger partial charge >= 0.3 is 0 Å². The third-order valence-electron chi connectivity index (χ3n) is 4.23. The fourth-order valence-corrected chi connectivity index (χ4v) is 4.29. The Bertz CT molecular complexity index is 1140. The van der Waals surface area contributed by atoms with Gasteiger partial charge in [0.25, 0.3) is 0 Å². The van der Waals surface area contributed by atoms with Gasteiger partial charge in [0, 0.05) is 10.6 Å². The number of nitrogens with one attached hydrogen (secondary N) is 1. The summed E-state index contributed by atoms with van der Waals surface area (Å²) >= 11 is 7.07. The lowest BCUT2D eigenvalue weighted by molar-refractivity contribution is -0.114. The molecule has 3 rings (SSSR count). The number of hydrogen-bond donors (Lipinski definition) is 1. The predicted molar refractivity (Wildman–Crippen MR) is 117 cm³/mol. The Morgan fingerprint density at radius 2 is 1.79 bits per heavy atom. The molecule has 152 valence electrons. The van der Waals surface area contributed by atoms with E-state index in [1.165, 1.54) is 11.3 Å². The quantitative estimate of drug-likeness (QED) is 0.615. The number of aryl methyl sites for hydroxylation is 2. The summed E-state index contributed by atoms with van der Waals surface area (Å²) < 4.78 is 25.6. The molecule has 1 N–H and O–H groups in total. The summed E-state index contributed by atoms with van der Waals surface area (Å²) in [6, 6.07) is 12.3. The van der Waals surface area contributed by atoms with Crippen molar-refractivity contribution in [1.29, 1.82) is 0 Å². The molecule has 2 aromatic carbocycles. The average molecular weight is 451 g/mol. The second-order valence-electron chi connectivity index (χ2n) is 6.51. The second-order valence-corrected chi connectivity index (χ2v) is 9.83. The van der Waals surface area contributed by atoms with Crippen LogP contribution in [-0.2, 0) is 14.8 Å². The summed E-state index contributed by atoms with van der Waals surface area (Å²) in [5.74, 6) is -0.507. The van der Waals surface area contributed by atoms with Crippen LogP contribution in [0.25, 0.3) is 10.6 Å². The van der Waals surface area contributed by atoms with Crippen LogP contribution < -0.4 is 9.62 Å². The lowest BCUT2D eigenvalue weighted by Gasteiger charge is -2.22. The van der Waals surface area contributed by atoms with Crippen LogP contribution in [0.2, 0.25) is 5.02 Å². The second kappa shape index (κ2) is 8.48. The minimum absolute atomic E-state index is 0.286. The third-order valence-corrected chi connectivity index (χ3v) is 6.51. The Hall–Kier alpha value is -2.49. The van der Waals surface area contributed by atoms with Crippen LogP contribution in [0.5, 0.6) is 0 Å². The molecular weight excluding hydrogens is 432 g/mol. The maximum atomic E-state index is 12.5. The fourth-order valence-electron chi connectivity index (χ4n) is 2.55. The number of carbonyl (C=O) groups excluding carboxylic acids is 1. The van der Waals surface area contributed by atoms with E-state index in [4.69, 9.17) is 11.6 Å². The molecule has 29 heavy (non-hydrogen) atoms. The van der Waals surface area contributed by atoms with Crippen molar-refractivity contribution >= 4 is 49.7 Å². The maximum Gasteiger partial charge on any atom is 0.246 e. The van der Waals surface area contributed by atoms with Crippen molar-refractivity contribution in [3.8, 4) is 10.6 Å². The smallest absolute Gasteiger partial charge is 0.246 e. The summed E-state index contributed by atoms with van der Waals surface area (Å²) in [4.78, 5) is 12.5. The van der Waals surface area contributed by atoms with Gasteiger partial charge in [-0.2, -0.15) is 0 Å². The molecule has 0 spiro atoms. The van der Waals surface area contributed by atoms with Gasteiger partial charge in [-0.05, 0) is 49.2 Å². The molecule has 3 aromatic rings. The highest BCUT2D eigenvalue weighted by molar-refractivity contribution is 7.92. The highest BCUT2D eigenvalue weighted by Crippen LogP contribution is 2.27. The van der Waals surface area contributed by atoms with Crippen LogP contribution in [0.4, 0.5) is 10.8 Å². The number of halogens is 1. The van der Waals surface area contributed by atoms with Crippen LogP contribution in [0.3, 0.4) is 0 Å². The summed E-state index contributed by atoms with van der Waals surface area (Å²) in [5.41, 5.74) is 3.23. The van der Waals surface area contributed by atoms with Crippen molar-refractivity contribution in [1.82, 2.24) is 10.2 Å². The SMILES string of the molecule is Cc1ccc(N(CC(=O)Nc2nnc(-c3ccc(Cl)cc3)s2)S(C)(=O)=O)cc1C. The van der Waals surface area contributed by atoms with Gasteiger partial charge in [-0.25, -0.2) is 8.42 Å². The standard InChI is InChI=1S/C19H19ClN4O3S2/c1-12-4-9-16(10-13(12)2)24(29(3,26)27)11-17(25)21-19-23-22-18(28-19)14-5-7-15(20)8-6-14/h4-10H,11H2,1-3H3,(H,21,23,25). The monoisotopic (exact) mass is 450 g/mol. The zero-order valence-electron chi connectivity index (χ0n) is 16.0. The molecular formula is C19H19ClN4O3S2. The van der Waals surface area contributed by atoms with Crippen LogP contribution in [-0.4, -0.2) is 37.3 Å². The van der Waals surface area contributed by atoms with Crippen molar-refractivity contribution in [2.45, 2.75) is 13.8 Å². The van der Waals surface area contributed by atoms with E-state index in [2.05, 4.69) is 15.5 Å². The Balaban J connectivity index is 1.75. The van der Waals surface area contributed by atoms with Gasteiger partial charge in [0.15, 0.2) is 0 Å². The van der Waals surface area contributed by atoms with E-state index in [1.807, 2.05) is 19.9 Å². The molecule has 0 fully saturated rings. The first-order valence-electron chi connectivity index (χ1n) is 8.58. The van der Waals surface area contributed by atoms with Gasteiger partial charge in [0.05, 0.1) is 11.9 Å². The summed E-state index contributed by atoms with van der Waals surface area (Å²) in [7, 11) is -3.65. The van der Waals surface area contributed by atoms with Crippen molar-refractivity contribution in [3.63, 3.8) is 0 Å². The summed E-state index contributed by atoms with van der Waals surface area (Å²) in [6.45, 7) is 3.46. The number of amides is 1. The normalized spacial score (nSPS) is 11.3. The van der Waals surface area contributed by atoms with Gasteiger partial charge in [-0.1, -0.05) is 41.1 Å². The Labute approximate surface area is 178 Å². The molecule has 0 unspecified atom stereocenters. The largest absolute Gasteiger partial charge is 0.299 e. The molecule has 0 aliphatic rings. The fraction of sp³-hybridized carbons (Fsp3) is 0.211. The first kappa shape index (κ1) is 21.2. The predicted octanol–water partition coefficient (Wildman–Crippen LogP) is 3.88. The summed E-state index contributed by atoms with van der Waals surface area (Å²) in [5, 5.41) is 12.1. The molecule has 0 aliphatic heterocycles. The summed E-state index contributed by atoms with van der Waals surface area (Å²) in [6.07, 6.45) is 1.07. The zero-order valence-corrected chi connectivity index (χ0v) is 18.4. The highest BCUT2D eigenvalue weighted by Gasteiger charge is 2.22. The number of aromatic nitrogens is 2. The Kier molecular flexibility index (Phi) is 6.21. The molecule has 0 saturated carbocycles. The van der Waals surface area contributed by atoms with E-state index in [0.29, 0.717) is 15.7 Å². The van der Waals surface area contributed by atoms with Crippen LogP contribution >= 0.6 is 22.9 Å². The van der Waals surface area contributed by atoms with E-state index < -0.39 is 15.9 Å². The van der Waals surface area contributed by atoms with Gasteiger partial charge < -0.3 is 0 Å². The van der Waals surface area contributed by atoms with E-state index in [-0.39, 0.29) is 11.7 Å². The topological polar surface area (TPSA) is 92.3 Å². The Morgan fingerprint density at radius 3 is 2.41 bits per heavy atom. The highest BCUT2D eigenvalue weighted by atomic mass is 35.5. The van der Waals surface area contributed by atoms with E-state index in [1.54, 1.807) is 36.4 Å². The van der Waals surface area contributed by atoms with E-state index >= 15 is 0 Å². The van der Waals surface area contributed by atoms with Crippen LogP contribution in [0, 0.1) is 13.8 Å². The third kappa shape index (κ3) is 5.31. The van der Waals surface area contributed by atoms with Crippen molar-refractivity contribution in [2.75, 3.05) is 22.4 Å². The number of sulfonamides is 1. The number of carbonyl (C=O) groups is 1. The van der Waals surface area contributed by atoms with Crippen LogP contribution in [0.1, 0.15) is 11.1 Å². The number of hydrogen-bond acceptors (Lipinski definition) is 6. The first-order valence-corrected chi connectivity index (χ1v) is 11.6. The van der Waals surface area contributed by atoms with Crippen LogP contribution in [0.15, 0.2) is 42.5 Å². The molecule has 1 amide bonds. The van der Waals surface area contributed by atoms with Gasteiger partial charge in [-0.15, -0.1) is 10.2 Å². The van der Waals surface area contributed by atoms with Gasteiger partial charge in [0.2, 0.25) is 21.1 Å². The number of benzene rings is 2. The van der Waals surface area contributed by atoms with Gasteiger partial charge in [0.1, 0.15) is 11.6 Å². The van der Waals surface area contributed by atoms with Crippen molar-refractivity contribution < 1.29 is 13.2 Å². The number of nitrogens with zero attached hydrogens (tertiary/aromatic N) is 3. The molecule has 0 saturated heterocycles. The Morgan fingerprint density at radius 1 is 1.10 bits per heavy atom. The van der Waals surface area contributed by atoms with Crippen molar-refractivity contribution in [2.24, 2.45) is 0 Å². The molecule has 0 atom stereocenters. The molecule has 10 heteroatoms. The average Bonchev–Trinajstić information content (AvgIpc) is 3.10. The molecule has 0 bridgehead atoms. The maximum absolute atomic E-state index is 12.5.